The van der Waals surface area contributed by atoms with Crippen LogP contribution in [0.4, 0.5) is 0 Å². The number of ether oxygens (including phenoxy) is 1. The Kier molecular flexibility index (Phi) is 4.12. The Hall–Kier alpha value is -2.48. The van der Waals surface area contributed by atoms with Crippen molar-refractivity contribution in [3.05, 3.63) is 23.3 Å². The Morgan fingerprint density at radius 2 is 2.29 bits per heavy atom. The number of hydrogen-bond donors (Lipinski definition) is 2. The van der Waals surface area contributed by atoms with Crippen molar-refractivity contribution >= 4 is 12.2 Å². The van der Waals surface area contributed by atoms with Gasteiger partial charge in [0.15, 0.2) is 17.8 Å². The van der Waals surface area contributed by atoms with Gasteiger partial charge in [0, 0.05) is 5.56 Å². The maximum atomic E-state index is 10.7. The van der Waals surface area contributed by atoms with Gasteiger partial charge in [0.05, 0.1) is 19.1 Å². The largest absolute Gasteiger partial charge is 0.504 e. The molecule has 1 aromatic rings. The van der Waals surface area contributed by atoms with Gasteiger partial charge in [-0.3, -0.25) is 9.59 Å². The Labute approximate surface area is 98.2 Å². The number of phenolic OH excluding ortho intramolecular Hbond substituents is 1. The molecule has 1 aromatic carbocycles. The molecule has 0 saturated carbocycles. The third-order valence-corrected chi connectivity index (χ3v) is 1.95. The van der Waals surface area contributed by atoms with Gasteiger partial charge in [0.25, 0.3) is 0 Å². The van der Waals surface area contributed by atoms with E-state index in [0.717, 1.165) is 0 Å². The van der Waals surface area contributed by atoms with Crippen LogP contribution >= 0.6 is 0 Å². The number of rotatable bonds is 3. The van der Waals surface area contributed by atoms with Crippen LogP contribution in [0.25, 0.3) is 0 Å². The van der Waals surface area contributed by atoms with Gasteiger partial charge < -0.3 is 15.6 Å². The highest BCUT2D eigenvalue weighted by Gasteiger charge is 2.08. The van der Waals surface area contributed by atoms with Crippen LogP contribution in [-0.4, -0.2) is 24.4 Å². The van der Waals surface area contributed by atoms with E-state index in [1.807, 2.05) is 0 Å². The number of aromatic hydroxyl groups is 1. The number of benzene rings is 1. The van der Waals surface area contributed by atoms with Gasteiger partial charge in [-0.2, -0.15) is 0 Å². The topological polar surface area (TPSA) is 89.6 Å². The molecule has 3 N–H and O–H groups in total. The summed E-state index contributed by atoms with van der Waals surface area (Å²) >= 11 is 0. The van der Waals surface area contributed by atoms with Crippen molar-refractivity contribution in [3.8, 4) is 23.3 Å². The number of nitrogens with two attached hydrogens (primary N) is 1. The van der Waals surface area contributed by atoms with Gasteiger partial charge in [-0.05, 0) is 12.1 Å². The lowest BCUT2D eigenvalue weighted by atomic mass is 10.1. The average Bonchev–Trinajstić information content (AvgIpc) is 2.30. The first-order valence-electron chi connectivity index (χ1n) is 4.71. The summed E-state index contributed by atoms with van der Waals surface area (Å²) in [6.07, 6.45) is 0.427. The van der Waals surface area contributed by atoms with Gasteiger partial charge in [0.2, 0.25) is 5.91 Å². The monoisotopic (exact) mass is 233 g/mol. The van der Waals surface area contributed by atoms with E-state index in [-0.39, 0.29) is 23.5 Å². The second kappa shape index (κ2) is 5.56. The molecule has 0 aromatic heterocycles. The molecule has 0 aliphatic rings. The Balaban J connectivity index is 3.12. The highest BCUT2D eigenvalue weighted by molar-refractivity contribution is 5.82. The fourth-order valence-electron chi connectivity index (χ4n) is 1.18. The molecule has 0 heterocycles. The predicted octanol–water partition coefficient (Wildman–Crippen LogP) is 0.440. The van der Waals surface area contributed by atoms with Crippen LogP contribution in [0.15, 0.2) is 12.1 Å². The van der Waals surface area contributed by atoms with Crippen molar-refractivity contribution < 1.29 is 19.4 Å². The summed E-state index contributed by atoms with van der Waals surface area (Å²) in [5.41, 5.74) is 5.47. The van der Waals surface area contributed by atoms with Crippen LogP contribution in [0.2, 0.25) is 0 Å². The Morgan fingerprint density at radius 1 is 1.59 bits per heavy atom. The van der Waals surface area contributed by atoms with Gasteiger partial charge in [-0.25, -0.2) is 0 Å². The SMILES string of the molecule is COc1cc(C#CCC(N)=O)cc(C=O)c1O. The lowest BCUT2D eigenvalue weighted by Gasteiger charge is -2.05. The molecule has 0 saturated heterocycles. The predicted molar refractivity (Wildman–Crippen MR) is 60.7 cm³/mol. The molecule has 0 aliphatic carbocycles. The molecule has 5 heteroatoms. The smallest absolute Gasteiger partial charge is 0.229 e. The minimum absolute atomic E-state index is 0.0698. The minimum Gasteiger partial charge on any atom is -0.504 e. The third-order valence-electron chi connectivity index (χ3n) is 1.95. The Morgan fingerprint density at radius 3 is 2.82 bits per heavy atom. The van der Waals surface area contributed by atoms with E-state index in [4.69, 9.17) is 10.5 Å². The van der Waals surface area contributed by atoms with E-state index in [9.17, 15) is 14.7 Å². The number of primary amides is 1. The van der Waals surface area contributed by atoms with Crippen molar-refractivity contribution in [2.45, 2.75) is 6.42 Å². The molecule has 1 amide bonds. The van der Waals surface area contributed by atoms with E-state index in [1.165, 1.54) is 19.2 Å². The molecule has 5 nitrogen and oxygen atoms in total. The molecular weight excluding hydrogens is 222 g/mol. The fourth-order valence-corrected chi connectivity index (χ4v) is 1.18. The van der Waals surface area contributed by atoms with Gasteiger partial charge >= 0.3 is 0 Å². The zero-order chi connectivity index (χ0) is 12.8. The minimum atomic E-state index is -0.529. The third kappa shape index (κ3) is 3.24. The van der Waals surface area contributed by atoms with Crippen LogP contribution in [0.5, 0.6) is 11.5 Å². The number of carbonyl (C=O) groups is 2. The van der Waals surface area contributed by atoms with Crippen LogP contribution in [0, 0.1) is 11.8 Å². The van der Waals surface area contributed by atoms with Crippen molar-refractivity contribution in [2.24, 2.45) is 5.73 Å². The standard InChI is InChI=1S/C12H11NO4/c1-17-10-6-8(3-2-4-11(13)15)5-9(7-14)12(10)16/h5-7,16H,4H2,1H3,(H2,13,15). The maximum Gasteiger partial charge on any atom is 0.229 e. The second-order valence-electron chi connectivity index (χ2n) is 3.18. The summed E-state index contributed by atoms with van der Waals surface area (Å²) in [7, 11) is 1.37. The maximum absolute atomic E-state index is 10.7. The molecule has 0 atom stereocenters. The normalized spacial score (nSPS) is 9.00. The second-order valence-corrected chi connectivity index (χ2v) is 3.18. The number of amides is 1. The number of phenols is 1. The highest BCUT2D eigenvalue weighted by Crippen LogP contribution is 2.29. The summed E-state index contributed by atoms with van der Waals surface area (Å²) in [6, 6.07) is 2.87. The van der Waals surface area contributed by atoms with E-state index in [0.29, 0.717) is 11.8 Å². The number of methoxy groups -OCH3 is 1. The zero-order valence-corrected chi connectivity index (χ0v) is 9.19. The number of aldehydes is 1. The molecule has 88 valence electrons. The summed E-state index contributed by atoms with van der Waals surface area (Å²) in [5.74, 6) is 4.59. The van der Waals surface area contributed by atoms with Crippen molar-refractivity contribution in [3.63, 3.8) is 0 Å². The molecule has 0 radical (unpaired) electrons. The molecule has 0 unspecified atom stereocenters. The molecular formula is C12H11NO4. The lowest BCUT2D eigenvalue weighted by molar-refractivity contribution is -0.117. The van der Waals surface area contributed by atoms with E-state index < -0.39 is 5.91 Å². The molecule has 0 aliphatic heterocycles. The van der Waals surface area contributed by atoms with Gasteiger partial charge in [-0.1, -0.05) is 11.8 Å². The average molecular weight is 233 g/mol. The quantitative estimate of drug-likeness (QED) is 0.585. The molecule has 17 heavy (non-hydrogen) atoms. The molecule has 0 bridgehead atoms. The van der Waals surface area contributed by atoms with Crippen LogP contribution in [-0.2, 0) is 4.79 Å². The summed E-state index contributed by atoms with van der Waals surface area (Å²) in [4.78, 5) is 21.2. The van der Waals surface area contributed by atoms with Crippen LogP contribution in [0.1, 0.15) is 22.3 Å². The van der Waals surface area contributed by atoms with Crippen molar-refractivity contribution in [2.75, 3.05) is 7.11 Å². The Bertz CT molecular complexity index is 511. The number of carbonyl (C=O) groups excluding carboxylic acids is 2. The first-order chi connectivity index (χ1) is 8.08. The van der Waals surface area contributed by atoms with E-state index in [2.05, 4.69) is 11.8 Å². The van der Waals surface area contributed by atoms with Crippen molar-refractivity contribution in [1.29, 1.82) is 0 Å². The summed E-state index contributed by atoms with van der Waals surface area (Å²) < 4.78 is 4.89. The van der Waals surface area contributed by atoms with E-state index >= 15 is 0 Å². The molecule has 0 spiro atoms. The first kappa shape index (κ1) is 12.6. The van der Waals surface area contributed by atoms with Crippen LogP contribution < -0.4 is 10.5 Å². The lowest BCUT2D eigenvalue weighted by Crippen LogP contribution is -2.08. The van der Waals surface area contributed by atoms with E-state index in [1.54, 1.807) is 0 Å². The molecule has 1 rings (SSSR count). The fraction of sp³-hybridized carbons (Fsp3) is 0.167. The van der Waals surface area contributed by atoms with Gasteiger partial charge in [0.1, 0.15) is 0 Å². The zero-order valence-electron chi connectivity index (χ0n) is 9.19. The number of hydrogen-bond acceptors (Lipinski definition) is 4. The van der Waals surface area contributed by atoms with Gasteiger partial charge in [-0.15, -0.1) is 0 Å². The van der Waals surface area contributed by atoms with Crippen LogP contribution in [0.3, 0.4) is 0 Å². The summed E-state index contributed by atoms with van der Waals surface area (Å²) in [5, 5.41) is 9.55. The first-order valence-corrected chi connectivity index (χ1v) is 4.71. The van der Waals surface area contributed by atoms with Crippen molar-refractivity contribution in [1.82, 2.24) is 0 Å². The summed E-state index contributed by atoms with van der Waals surface area (Å²) in [6.45, 7) is 0. The highest BCUT2D eigenvalue weighted by atomic mass is 16.5. The molecule has 0 fully saturated rings.